The van der Waals surface area contributed by atoms with Gasteiger partial charge in [0.15, 0.2) is 5.82 Å². The first-order valence-corrected chi connectivity index (χ1v) is 12.6. The zero-order valence-electron chi connectivity index (χ0n) is 17.6. The van der Waals surface area contributed by atoms with Gasteiger partial charge in [0.1, 0.15) is 9.96 Å². The van der Waals surface area contributed by atoms with E-state index in [0.717, 1.165) is 22.7 Å². The van der Waals surface area contributed by atoms with Crippen molar-refractivity contribution in [3.05, 3.63) is 47.1 Å². The van der Waals surface area contributed by atoms with E-state index in [1.165, 1.54) is 11.3 Å². The van der Waals surface area contributed by atoms with Crippen LogP contribution in [0, 0.1) is 0 Å². The number of hydrogen-bond acceptors (Lipinski definition) is 8. The fraction of sp³-hybridized carbons (Fsp3) is 0.450. The van der Waals surface area contributed by atoms with Crippen molar-refractivity contribution >= 4 is 21.4 Å². The van der Waals surface area contributed by atoms with Crippen molar-refractivity contribution in [1.29, 1.82) is 0 Å². The maximum atomic E-state index is 12.9. The lowest BCUT2D eigenvalue weighted by Crippen LogP contribution is -2.48. The van der Waals surface area contributed by atoms with Gasteiger partial charge in [0.25, 0.3) is 10.0 Å². The number of aryl methyl sites for hydroxylation is 1. The lowest BCUT2D eigenvalue weighted by atomic mass is 10.3. The maximum absolute atomic E-state index is 12.9. The molecular formula is C20H26N6O3S2. The van der Waals surface area contributed by atoms with Crippen LogP contribution in [-0.2, 0) is 23.0 Å². The van der Waals surface area contributed by atoms with Gasteiger partial charge in [0.05, 0.1) is 18.8 Å². The summed E-state index contributed by atoms with van der Waals surface area (Å²) in [5.74, 6) is 1.52. The van der Waals surface area contributed by atoms with Crippen LogP contribution >= 0.6 is 11.3 Å². The lowest BCUT2D eigenvalue weighted by Gasteiger charge is -2.33. The van der Waals surface area contributed by atoms with Crippen LogP contribution in [-0.4, -0.2) is 70.6 Å². The summed E-state index contributed by atoms with van der Waals surface area (Å²) in [5.41, 5.74) is 0.856. The van der Waals surface area contributed by atoms with Crippen molar-refractivity contribution in [1.82, 2.24) is 29.4 Å². The van der Waals surface area contributed by atoms with Crippen molar-refractivity contribution < 1.29 is 13.2 Å². The molecule has 0 amide bonds. The van der Waals surface area contributed by atoms with Crippen LogP contribution in [0.3, 0.4) is 0 Å². The van der Waals surface area contributed by atoms with E-state index in [-0.39, 0.29) is 0 Å². The van der Waals surface area contributed by atoms with E-state index in [9.17, 15) is 8.42 Å². The highest BCUT2D eigenvalue weighted by Gasteiger charge is 2.30. The van der Waals surface area contributed by atoms with Crippen LogP contribution in [0.25, 0.3) is 5.69 Å². The van der Waals surface area contributed by atoms with Crippen molar-refractivity contribution in [3.63, 3.8) is 0 Å². The average molecular weight is 463 g/mol. The number of piperazine rings is 1. The fourth-order valence-corrected chi connectivity index (χ4v) is 6.37. The number of rotatable bonds is 8. The summed E-state index contributed by atoms with van der Waals surface area (Å²) in [7, 11) is -3.43. The van der Waals surface area contributed by atoms with Crippen LogP contribution < -0.4 is 4.74 Å². The second kappa shape index (κ2) is 9.43. The minimum Gasteiger partial charge on any atom is -0.494 e. The number of sulfonamides is 1. The van der Waals surface area contributed by atoms with Gasteiger partial charge in [0.2, 0.25) is 0 Å². The molecule has 1 fully saturated rings. The van der Waals surface area contributed by atoms with Gasteiger partial charge >= 0.3 is 0 Å². The van der Waals surface area contributed by atoms with Gasteiger partial charge in [-0.15, -0.1) is 16.4 Å². The largest absolute Gasteiger partial charge is 0.494 e. The predicted molar refractivity (Wildman–Crippen MR) is 118 cm³/mol. The predicted octanol–water partition coefficient (Wildman–Crippen LogP) is 2.19. The Balaban J connectivity index is 1.39. The van der Waals surface area contributed by atoms with Crippen molar-refractivity contribution in [3.8, 4) is 11.4 Å². The van der Waals surface area contributed by atoms with E-state index >= 15 is 0 Å². The molecule has 0 N–H and O–H groups in total. The van der Waals surface area contributed by atoms with Crippen LogP contribution in [0.1, 0.15) is 24.5 Å². The molecule has 11 heteroatoms. The first kappa shape index (κ1) is 21.9. The van der Waals surface area contributed by atoms with Gasteiger partial charge in [-0.1, -0.05) is 6.92 Å². The number of benzene rings is 1. The summed E-state index contributed by atoms with van der Waals surface area (Å²) in [6.45, 7) is 7.29. The highest BCUT2D eigenvalue weighted by atomic mass is 32.2. The van der Waals surface area contributed by atoms with Crippen LogP contribution in [0.15, 0.2) is 40.6 Å². The molecule has 1 saturated heterocycles. The molecule has 4 rings (SSSR count). The quantitative estimate of drug-likeness (QED) is 0.507. The number of tetrazole rings is 1. The molecule has 0 radical (unpaired) electrons. The van der Waals surface area contributed by atoms with Crippen molar-refractivity contribution in [2.75, 3.05) is 32.8 Å². The summed E-state index contributed by atoms with van der Waals surface area (Å²) in [5, 5.41) is 12.1. The molecule has 0 atom stereocenters. The van der Waals surface area contributed by atoms with Gasteiger partial charge in [0, 0.05) is 31.1 Å². The Morgan fingerprint density at radius 2 is 1.77 bits per heavy atom. The molecule has 0 spiro atoms. The molecule has 1 aliphatic heterocycles. The van der Waals surface area contributed by atoms with Crippen LogP contribution in [0.4, 0.5) is 0 Å². The van der Waals surface area contributed by atoms with E-state index in [1.54, 1.807) is 15.1 Å². The average Bonchev–Trinajstić information content (AvgIpc) is 3.45. The van der Waals surface area contributed by atoms with Crippen molar-refractivity contribution in [2.24, 2.45) is 0 Å². The zero-order valence-corrected chi connectivity index (χ0v) is 19.3. The topological polar surface area (TPSA) is 93.4 Å². The zero-order chi connectivity index (χ0) is 21.8. The second-order valence-corrected chi connectivity index (χ2v) is 10.5. The Labute approximate surface area is 186 Å². The van der Waals surface area contributed by atoms with Crippen LogP contribution in [0.5, 0.6) is 5.75 Å². The molecule has 3 heterocycles. The fourth-order valence-electron chi connectivity index (χ4n) is 3.50. The molecule has 166 valence electrons. The summed E-state index contributed by atoms with van der Waals surface area (Å²) in [4.78, 5) is 3.26. The third kappa shape index (κ3) is 4.79. The van der Waals surface area contributed by atoms with E-state index in [1.807, 2.05) is 44.2 Å². The number of hydrogen-bond donors (Lipinski definition) is 0. The summed E-state index contributed by atoms with van der Waals surface area (Å²) in [6.07, 6.45) is 0.844. The van der Waals surface area contributed by atoms with Gasteiger partial charge in [-0.25, -0.2) is 8.42 Å². The highest BCUT2D eigenvalue weighted by Crippen LogP contribution is 2.26. The Morgan fingerprint density at radius 3 is 2.42 bits per heavy atom. The molecule has 3 aromatic rings. The summed E-state index contributed by atoms with van der Waals surface area (Å²) < 4.78 is 35.0. The molecule has 0 unspecified atom stereocenters. The smallest absolute Gasteiger partial charge is 0.252 e. The molecule has 0 saturated carbocycles. The van der Waals surface area contributed by atoms with E-state index in [2.05, 4.69) is 20.4 Å². The normalized spacial score (nSPS) is 15.9. The number of nitrogens with zero attached hydrogens (tertiary/aromatic N) is 6. The second-order valence-electron chi connectivity index (χ2n) is 7.19. The molecule has 31 heavy (non-hydrogen) atoms. The van der Waals surface area contributed by atoms with Crippen molar-refractivity contribution in [2.45, 2.75) is 31.0 Å². The monoisotopic (exact) mass is 462 g/mol. The Hall–Kier alpha value is -2.34. The third-order valence-electron chi connectivity index (χ3n) is 5.20. The minimum atomic E-state index is -3.43. The van der Waals surface area contributed by atoms with E-state index < -0.39 is 10.0 Å². The molecule has 1 aliphatic rings. The Bertz CT molecular complexity index is 1100. The Morgan fingerprint density at radius 1 is 1.03 bits per heavy atom. The molecule has 1 aromatic carbocycles. The van der Waals surface area contributed by atoms with Gasteiger partial charge < -0.3 is 4.74 Å². The summed E-state index contributed by atoms with van der Waals surface area (Å²) >= 11 is 1.36. The SMILES string of the molecule is CCOc1ccc(-n2nnnc2CN2CCN(S(=O)(=O)c3ccc(CC)s3)CC2)cc1. The number of aromatic nitrogens is 4. The molecular weight excluding hydrogens is 436 g/mol. The maximum Gasteiger partial charge on any atom is 0.252 e. The Kier molecular flexibility index (Phi) is 6.65. The first-order valence-electron chi connectivity index (χ1n) is 10.3. The number of ether oxygens (including phenoxy) is 1. The molecule has 0 bridgehead atoms. The molecule has 9 nitrogen and oxygen atoms in total. The minimum absolute atomic E-state index is 0.428. The first-order chi connectivity index (χ1) is 15.0. The standard InChI is InChI=1S/C20H26N6O3S2/c1-3-18-9-10-20(30-18)31(27,28)25-13-11-24(12-14-25)15-19-21-22-23-26(19)16-5-7-17(8-6-16)29-4-2/h5-10H,3-4,11-15H2,1-2H3. The van der Waals surface area contributed by atoms with Gasteiger partial charge in [-0.05, 0) is 60.2 Å². The van der Waals surface area contributed by atoms with Crippen LogP contribution in [0.2, 0.25) is 0 Å². The van der Waals surface area contributed by atoms with E-state index in [4.69, 9.17) is 4.74 Å². The molecule has 2 aromatic heterocycles. The van der Waals surface area contributed by atoms with Gasteiger partial charge in [-0.2, -0.15) is 8.99 Å². The third-order valence-corrected chi connectivity index (χ3v) is 8.80. The highest BCUT2D eigenvalue weighted by molar-refractivity contribution is 7.91. The summed E-state index contributed by atoms with van der Waals surface area (Å²) in [6, 6.07) is 11.2. The molecule has 0 aliphatic carbocycles. The number of thiophene rings is 1. The lowest BCUT2D eigenvalue weighted by molar-refractivity contribution is 0.177. The van der Waals surface area contributed by atoms with Gasteiger partial charge in [-0.3, -0.25) is 4.90 Å². The van der Waals surface area contributed by atoms with E-state index in [0.29, 0.717) is 49.4 Å².